The van der Waals surface area contributed by atoms with Crippen molar-refractivity contribution in [2.45, 2.75) is 36.2 Å². The van der Waals surface area contributed by atoms with Crippen LogP contribution in [-0.4, -0.2) is 43.5 Å². The van der Waals surface area contributed by atoms with E-state index in [0.29, 0.717) is 11.9 Å². The Morgan fingerprint density at radius 1 is 1.32 bits per heavy atom. The molecule has 3 rings (SSSR count). The maximum atomic E-state index is 12.3. The predicted molar refractivity (Wildman–Crippen MR) is 72.0 cm³/mol. The third-order valence-corrected chi connectivity index (χ3v) is 5.46. The van der Waals surface area contributed by atoms with E-state index in [1.54, 1.807) is 0 Å². The van der Waals surface area contributed by atoms with Gasteiger partial charge in [-0.3, -0.25) is 4.90 Å². The summed E-state index contributed by atoms with van der Waals surface area (Å²) < 4.78 is 27.4. The number of nitrogens with two attached hydrogens (primary N) is 1. The molecule has 1 aromatic rings. The van der Waals surface area contributed by atoms with E-state index in [4.69, 9.17) is 5.73 Å². The van der Waals surface area contributed by atoms with E-state index in [2.05, 4.69) is 14.6 Å². The lowest BCUT2D eigenvalue weighted by Gasteiger charge is -2.21. The molecule has 2 atom stereocenters. The summed E-state index contributed by atoms with van der Waals surface area (Å²) in [5.74, 6) is 0.321. The predicted octanol–water partition coefficient (Wildman–Crippen LogP) is 0.179. The molecule has 3 heterocycles. The molecule has 0 amide bonds. The van der Waals surface area contributed by atoms with Gasteiger partial charge in [0, 0.05) is 24.8 Å². The largest absolute Gasteiger partial charge is 0.384 e. The number of sulfonamides is 1. The number of nitrogen functional groups attached to an aromatic ring is 1. The molecule has 0 spiro atoms. The molecule has 7 heteroatoms. The number of nitrogens with zero attached hydrogens (tertiary/aromatic N) is 2. The third kappa shape index (κ3) is 2.45. The standard InChI is InChI=1S/C12H18N4O2S/c13-12-4-3-9(8-14-12)19(17,18)15-10-5-7-16-6-1-2-11(10)16/h3-4,8,10-11,15H,1-2,5-7H2,(H2,13,14). The van der Waals surface area contributed by atoms with Crippen LogP contribution in [0.3, 0.4) is 0 Å². The van der Waals surface area contributed by atoms with Gasteiger partial charge in [0.2, 0.25) is 10.0 Å². The summed E-state index contributed by atoms with van der Waals surface area (Å²) in [5, 5.41) is 0. The number of pyridine rings is 1. The second-order valence-corrected chi connectivity index (χ2v) is 6.89. The molecule has 1 aromatic heterocycles. The van der Waals surface area contributed by atoms with Crippen molar-refractivity contribution in [3.63, 3.8) is 0 Å². The second kappa shape index (κ2) is 4.73. The molecule has 2 saturated heterocycles. The minimum absolute atomic E-state index is 0.0186. The van der Waals surface area contributed by atoms with Crippen LogP contribution in [0.1, 0.15) is 19.3 Å². The Kier molecular flexibility index (Phi) is 3.20. The van der Waals surface area contributed by atoms with Crippen LogP contribution in [0.5, 0.6) is 0 Å². The Labute approximate surface area is 113 Å². The Morgan fingerprint density at radius 3 is 2.89 bits per heavy atom. The first-order valence-electron chi connectivity index (χ1n) is 6.54. The van der Waals surface area contributed by atoms with Crippen molar-refractivity contribution in [2.24, 2.45) is 0 Å². The summed E-state index contributed by atoms with van der Waals surface area (Å²) >= 11 is 0. The Hall–Kier alpha value is -1.18. The van der Waals surface area contributed by atoms with E-state index in [-0.39, 0.29) is 10.9 Å². The third-order valence-electron chi connectivity index (χ3n) is 3.98. The quantitative estimate of drug-likeness (QED) is 0.825. The summed E-state index contributed by atoms with van der Waals surface area (Å²) in [7, 11) is -3.49. The normalized spacial score (nSPS) is 27.6. The molecular weight excluding hydrogens is 264 g/mol. The van der Waals surface area contributed by atoms with Gasteiger partial charge in [-0.1, -0.05) is 0 Å². The number of aromatic nitrogens is 1. The van der Waals surface area contributed by atoms with E-state index in [0.717, 1.165) is 32.4 Å². The lowest BCUT2D eigenvalue weighted by atomic mass is 10.1. The van der Waals surface area contributed by atoms with E-state index < -0.39 is 10.0 Å². The van der Waals surface area contributed by atoms with E-state index in [1.165, 1.54) is 18.3 Å². The maximum absolute atomic E-state index is 12.3. The average Bonchev–Trinajstić information content (AvgIpc) is 2.95. The highest BCUT2D eigenvalue weighted by Crippen LogP contribution is 2.28. The number of anilines is 1. The number of fused-ring (bicyclic) bond motifs is 1. The molecule has 2 fully saturated rings. The summed E-state index contributed by atoms with van der Waals surface area (Å²) in [6, 6.07) is 3.37. The second-order valence-electron chi connectivity index (χ2n) is 5.18. The zero-order valence-corrected chi connectivity index (χ0v) is 11.4. The molecule has 0 bridgehead atoms. The highest BCUT2D eigenvalue weighted by atomic mass is 32.2. The van der Waals surface area contributed by atoms with Crippen LogP contribution in [0.25, 0.3) is 0 Å². The van der Waals surface area contributed by atoms with Crippen molar-refractivity contribution in [2.75, 3.05) is 18.8 Å². The first-order chi connectivity index (χ1) is 9.06. The van der Waals surface area contributed by atoms with Crippen molar-refractivity contribution >= 4 is 15.8 Å². The maximum Gasteiger partial charge on any atom is 0.242 e. The molecular formula is C12H18N4O2S. The molecule has 2 unspecified atom stereocenters. The molecule has 19 heavy (non-hydrogen) atoms. The van der Waals surface area contributed by atoms with Gasteiger partial charge in [0.1, 0.15) is 10.7 Å². The molecule has 3 N–H and O–H groups in total. The summed E-state index contributed by atoms with van der Waals surface area (Å²) in [4.78, 5) is 6.38. The molecule has 2 aliphatic heterocycles. The molecule has 0 aromatic carbocycles. The van der Waals surface area contributed by atoms with Crippen molar-refractivity contribution in [1.82, 2.24) is 14.6 Å². The van der Waals surface area contributed by atoms with Crippen molar-refractivity contribution in [3.8, 4) is 0 Å². The number of hydrogen-bond acceptors (Lipinski definition) is 5. The fourth-order valence-electron chi connectivity index (χ4n) is 3.04. The van der Waals surface area contributed by atoms with Crippen LogP contribution in [0, 0.1) is 0 Å². The van der Waals surface area contributed by atoms with Crippen molar-refractivity contribution in [1.29, 1.82) is 0 Å². The van der Waals surface area contributed by atoms with Gasteiger partial charge in [-0.05, 0) is 37.9 Å². The topological polar surface area (TPSA) is 88.3 Å². The Morgan fingerprint density at radius 2 is 2.16 bits per heavy atom. The van der Waals surface area contributed by atoms with Gasteiger partial charge < -0.3 is 5.73 Å². The van der Waals surface area contributed by atoms with Crippen LogP contribution in [0.15, 0.2) is 23.2 Å². The first kappa shape index (κ1) is 12.8. The smallest absolute Gasteiger partial charge is 0.242 e. The molecule has 0 radical (unpaired) electrons. The summed E-state index contributed by atoms with van der Waals surface area (Å²) in [6.45, 7) is 2.07. The van der Waals surface area contributed by atoms with Gasteiger partial charge in [-0.15, -0.1) is 0 Å². The molecule has 0 saturated carbocycles. The molecule has 2 aliphatic rings. The van der Waals surface area contributed by atoms with Crippen LogP contribution in [-0.2, 0) is 10.0 Å². The van der Waals surface area contributed by atoms with E-state index >= 15 is 0 Å². The first-order valence-corrected chi connectivity index (χ1v) is 8.02. The zero-order valence-electron chi connectivity index (χ0n) is 10.6. The lowest BCUT2D eigenvalue weighted by molar-refractivity contribution is 0.309. The van der Waals surface area contributed by atoms with Gasteiger partial charge in [0.05, 0.1) is 0 Å². The Balaban J connectivity index is 1.76. The highest BCUT2D eigenvalue weighted by molar-refractivity contribution is 7.89. The molecule has 6 nitrogen and oxygen atoms in total. The molecule has 104 valence electrons. The number of rotatable bonds is 3. The van der Waals surface area contributed by atoms with Gasteiger partial charge in [0.15, 0.2) is 0 Å². The van der Waals surface area contributed by atoms with Gasteiger partial charge >= 0.3 is 0 Å². The highest BCUT2D eigenvalue weighted by Gasteiger charge is 2.39. The van der Waals surface area contributed by atoms with E-state index in [1.807, 2.05) is 0 Å². The molecule has 0 aliphatic carbocycles. The fourth-order valence-corrected chi connectivity index (χ4v) is 4.29. The fraction of sp³-hybridized carbons (Fsp3) is 0.583. The zero-order chi connectivity index (χ0) is 13.5. The SMILES string of the molecule is Nc1ccc(S(=O)(=O)NC2CCN3CCCC23)cn1. The monoisotopic (exact) mass is 282 g/mol. The van der Waals surface area contributed by atoms with Crippen molar-refractivity contribution in [3.05, 3.63) is 18.3 Å². The average molecular weight is 282 g/mol. The summed E-state index contributed by atoms with van der Waals surface area (Å²) in [6.07, 6.45) is 4.42. The summed E-state index contributed by atoms with van der Waals surface area (Å²) in [5.41, 5.74) is 5.47. The van der Waals surface area contributed by atoms with E-state index in [9.17, 15) is 8.42 Å². The van der Waals surface area contributed by atoms with Gasteiger partial charge in [-0.25, -0.2) is 18.1 Å². The van der Waals surface area contributed by atoms with Crippen molar-refractivity contribution < 1.29 is 8.42 Å². The van der Waals surface area contributed by atoms with Crippen LogP contribution < -0.4 is 10.5 Å². The van der Waals surface area contributed by atoms with Crippen LogP contribution in [0.4, 0.5) is 5.82 Å². The Bertz CT molecular complexity index is 558. The number of hydrogen-bond donors (Lipinski definition) is 2. The number of nitrogens with one attached hydrogen (secondary N) is 1. The van der Waals surface area contributed by atoms with Crippen LogP contribution in [0.2, 0.25) is 0 Å². The minimum atomic E-state index is -3.49. The van der Waals surface area contributed by atoms with Crippen LogP contribution >= 0.6 is 0 Å². The minimum Gasteiger partial charge on any atom is -0.384 e. The van der Waals surface area contributed by atoms with Gasteiger partial charge in [0.25, 0.3) is 0 Å². The lowest BCUT2D eigenvalue weighted by Crippen LogP contribution is -2.42. The van der Waals surface area contributed by atoms with Gasteiger partial charge in [-0.2, -0.15) is 0 Å².